The molecule has 1 heterocycles. The summed E-state index contributed by atoms with van der Waals surface area (Å²) < 4.78 is 26.3. The molecule has 1 rings (SSSR count). The first-order valence-electron chi connectivity index (χ1n) is 6.57. The third kappa shape index (κ3) is 3.99. The van der Waals surface area contributed by atoms with E-state index in [4.69, 9.17) is 5.73 Å². The third-order valence-electron chi connectivity index (χ3n) is 3.14. The Morgan fingerprint density at radius 3 is 2.53 bits per heavy atom. The van der Waals surface area contributed by atoms with Crippen LogP contribution >= 0.6 is 0 Å². The van der Waals surface area contributed by atoms with Crippen LogP contribution in [-0.4, -0.2) is 36.0 Å². The lowest BCUT2D eigenvalue weighted by Crippen LogP contribution is -2.41. The van der Waals surface area contributed by atoms with E-state index in [0.29, 0.717) is 19.5 Å². The van der Waals surface area contributed by atoms with Gasteiger partial charge in [0.1, 0.15) is 0 Å². The normalized spacial score (nSPS) is 13.7. The van der Waals surface area contributed by atoms with E-state index in [1.54, 1.807) is 0 Å². The maximum absolute atomic E-state index is 12.4. The molecule has 2 N–H and O–H groups in total. The smallest absolute Gasteiger partial charge is 0.218 e. The minimum atomic E-state index is -3.36. The highest BCUT2D eigenvalue weighted by molar-refractivity contribution is 7.89. The lowest BCUT2D eigenvalue weighted by Gasteiger charge is -2.25. The van der Waals surface area contributed by atoms with Gasteiger partial charge in [0, 0.05) is 18.8 Å². The van der Waals surface area contributed by atoms with Crippen molar-refractivity contribution in [2.45, 2.75) is 39.0 Å². The maximum Gasteiger partial charge on any atom is 0.218 e. The van der Waals surface area contributed by atoms with Gasteiger partial charge in [-0.2, -0.15) is 4.31 Å². The van der Waals surface area contributed by atoms with Gasteiger partial charge in [0.25, 0.3) is 0 Å². The van der Waals surface area contributed by atoms with Crippen LogP contribution in [0.4, 0.5) is 0 Å². The number of aromatic nitrogens is 1. The summed E-state index contributed by atoms with van der Waals surface area (Å²) in [6, 6.07) is 5.62. The first-order chi connectivity index (χ1) is 8.95. The van der Waals surface area contributed by atoms with Crippen molar-refractivity contribution in [3.05, 3.63) is 29.6 Å². The molecule has 6 heteroatoms. The molecule has 0 amide bonds. The van der Waals surface area contributed by atoms with E-state index in [2.05, 4.69) is 4.98 Å². The second-order valence-electron chi connectivity index (χ2n) is 4.51. The van der Waals surface area contributed by atoms with Crippen LogP contribution in [0.1, 0.15) is 31.7 Å². The van der Waals surface area contributed by atoms with Crippen molar-refractivity contribution in [1.82, 2.24) is 9.29 Å². The molecule has 19 heavy (non-hydrogen) atoms. The summed E-state index contributed by atoms with van der Waals surface area (Å²) in [6.45, 7) is 6.44. The van der Waals surface area contributed by atoms with Gasteiger partial charge in [-0.15, -0.1) is 0 Å². The maximum atomic E-state index is 12.4. The molecule has 5 nitrogen and oxygen atoms in total. The number of hydrogen-bond donors (Lipinski definition) is 1. The van der Waals surface area contributed by atoms with Crippen LogP contribution in [0.15, 0.2) is 18.2 Å². The minimum Gasteiger partial charge on any atom is -0.329 e. The van der Waals surface area contributed by atoms with E-state index < -0.39 is 15.3 Å². The Morgan fingerprint density at radius 1 is 1.37 bits per heavy atom. The Labute approximate surface area is 115 Å². The van der Waals surface area contributed by atoms with Gasteiger partial charge in [0.15, 0.2) is 0 Å². The molecule has 0 fully saturated rings. The zero-order chi connectivity index (χ0) is 14.5. The van der Waals surface area contributed by atoms with Crippen LogP contribution < -0.4 is 5.73 Å². The van der Waals surface area contributed by atoms with Crippen LogP contribution in [0.2, 0.25) is 0 Å². The van der Waals surface area contributed by atoms with Crippen molar-refractivity contribution in [2.75, 3.05) is 13.1 Å². The predicted octanol–water partition coefficient (Wildman–Crippen LogP) is 1.28. The van der Waals surface area contributed by atoms with E-state index in [1.165, 1.54) is 4.31 Å². The highest BCUT2D eigenvalue weighted by Crippen LogP contribution is 2.14. The van der Waals surface area contributed by atoms with Crippen LogP contribution in [0, 0.1) is 6.92 Å². The molecule has 0 saturated heterocycles. The highest BCUT2D eigenvalue weighted by atomic mass is 32.2. The molecule has 0 aromatic carbocycles. The van der Waals surface area contributed by atoms with Crippen molar-refractivity contribution in [2.24, 2.45) is 5.73 Å². The van der Waals surface area contributed by atoms with E-state index in [-0.39, 0.29) is 6.54 Å². The molecule has 0 aliphatic heterocycles. The lowest BCUT2D eigenvalue weighted by molar-refractivity contribution is 0.409. The molecule has 0 spiro atoms. The fourth-order valence-corrected chi connectivity index (χ4v) is 3.72. The molecule has 0 bridgehead atoms. The number of aryl methyl sites for hydroxylation is 1. The summed E-state index contributed by atoms with van der Waals surface area (Å²) in [4.78, 5) is 4.35. The first kappa shape index (κ1) is 16.1. The fraction of sp³-hybridized carbons (Fsp3) is 0.615. The van der Waals surface area contributed by atoms with Crippen molar-refractivity contribution < 1.29 is 8.42 Å². The van der Waals surface area contributed by atoms with Gasteiger partial charge in [-0.3, -0.25) is 4.98 Å². The predicted molar refractivity (Wildman–Crippen MR) is 77.1 cm³/mol. The quantitative estimate of drug-likeness (QED) is 0.818. The van der Waals surface area contributed by atoms with E-state index >= 15 is 0 Å². The Hall–Kier alpha value is -0.980. The van der Waals surface area contributed by atoms with Gasteiger partial charge in [0.2, 0.25) is 10.0 Å². The van der Waals surface area contributed by atoms with Crippen LogP contribution in [0.25, 0.3) is 0 Å². The van der Waals surface area contributed by atoms with Gasteiger partial charge in [-0.25, -0.2) is 8.42 Å². The molecule has 0 radical (unpaired) electrons. The molecule has 108 valence electrons. The van der Waals surface area contributed by atoms with Gasteiger partial charge in [0.05, 0.1) is 17.5 Å². The van der Waals surface area contributed by atoms with Crippen LogP contribution in [-0.2, 0) is 16.6 Å². The summed E-state index contributed by atoms with van der Waals surface area (Å²) in [5.74, 6) is 0. The summed E-state index contributed by atoms with van der Waals surface area (Å²) in [7, 11) is -3.36. The second-order valence-corrected chi connectivity index (χ2v) is 6.72. The Bertz CT molecular complexity index is 498. The molecule has 1 unspecified atom stereocenters. The number of nitrogens with two attached hydrogens (primary N) is 1. The van der Waals surface area contributed by atoms with Gasteiger partial charge >= 0.3 is 0 Å². The van der Waals surface area contributed by atoms with Gasteiger partial charge < -0.3 is 5.73 Å². The van der Waals surface area contributed by atoms with E-state index in [1.807, 2.05) is 39.0 Å². The van der Waals surface area contributed by atoms with Crippen molar-refractivity contribution in [3.63, 3.8) is 0 Å². The number of rotatable bonds is 7. The molecule has 1 aromatic rings. The van der Waals surface area contributed by atoms with Crippen molar-refractivity contribution in [3.8, 4) is 0 Å². The molecule has 0 aliphatic carbocycles. The average Bonchev–Trinajstić information content (AvgIpc) is 2.37. The Morgan fingerprint density at radius 2 is 2.05 bits per heavy atom. The summed E-state index contributed by atoms with van der Waals surface area (Å²) >= 11 is 0. The molecule has 1 atom stereocenters. The summed E-state index contributed by atoms with van der Waals surface area (Å²) in [6.07, 6.45) is 0.524. The molecule has 0 saturated carbocycles. The van der Waals surface area contributed by atoms with Crippen LogP contribution in [0.5, 0.6) is 0 Å². The molecular formula is C13H23N3O2S. The Kier molecular flexibility index (Phi) is 5.90. The zero-order valence-electron chi connectivity index (χ0n) is 11.8. The largest absolute Gasteiger partial charge is 0.329 e. The third-order valence-corrected chi connectivity index (χ3v) is 5.61. The summed E-state index contributed by atoms with van der Waals surface area (Å²) in [5, 5.41) is -0.516. The minimum absolute atomic E-state index is 0.149. The van der Waals surface area contributed by atoms with E-state index in [0.717, 1.165) is 11.4 Å². The number of sulfonamides is 1. The van der Waals surface area contributed by atoms with Crippen molar-refractivity contribution in [1.29, 1.82) is 0 Å². The van der Waals surface area contributed by atoms with E-state index in [9.17, 15) is 8.42 Å². The topological polar surface area (TPSA) is 76.3 Å². The van der Waals surface area contributed by atoms with Gasteiger partial charge in [-0.05, 0) is 25.5 Å². The first-order valence-corrected chi connectivity index (χ1v) is 8.07. The molecule has 1 aromatic heterocycles. The number of nitrogens with zero attached hydrogens (tertiary/aromatic N) is 2. The zero-order valence-corrected chi connectivity index (χ0v) is 12.7. The molecular weight excluding hydrogens is 262 g/mol. The van der Waals surface area contributed by atoms with Crippen LogP contribution in [0.3, 0.4) is 0 Å². The van der Waals surface area contributed by atoms with Gasteiger partial charge in [-0.1, -0.05) is 19.9 Å². The standard InChI is InChI=1S/C13H23N3O2S/c1-4-13(9-14)19(17,18)16(5-2)10-12-8-6-7-11(3)15-12/h6-8,13H,4-5,9-10,14H2,1-3H3. The SMILES string of the molecule is CCC(CN)S(=O)(=O)N(CC)Cc1cccc(C)n1. The highest BCUT2D eigenvalue weighted by Gasteiger charge is 2.29. The fourth-order valence-electron chi connectivity index (χ4n) is 1.96. The Balaban J connectivity index is 2.95. The van der Waals surface area contributed by atoms with Crippen molar-refractivity contribution >= 4 is 10.0 Å². The monoisotopic (exact) mass is 285 g/mol. The summed E-state index contributed by atoms with van der Waals surface area (Å²) in [5.41, 5.74) is 7.21. The lowest BCUT2D eigenvalue weighted by atomic mass is 10.3. The number of pyridine rings is 1. The average molecular weight is 285 g/mol. The molecule has 0 aliphatic rings. The number of hydrogen-bond acceptors (Lipinski definition) is 4. The second kappa shape index (κ2) is 6.98.